The molecule has 2 aromatic carbocycles. The van der Waals surface area contributed by atoms with Crippen LogP contribution in [0.1, 0.15) is 29.8 Å². The molecule has 2 rings (SSSR count). The van der Waals surface area contributed by atoms with Crippen molar-refractivity contribution in [2.24, 2.45) is 5.92 Å². The number of nitrogens with one attached hydrogen (secondary N) is 3. The summed E-state index contributed by atoms with van der Waals surface area (Å²) in [6, 6.07) is 13.8. The van der Waals surface area contributed by atoms with Crippen molar-refractivity contribution in [3.63, 3.8) is 0 Å². The second-order valence-corrected chi connectivity index (χ2v) is 7.31. The fourth-order valence-corrected chi connectivity index (χ4v) is 2.47. The molecule has 0 spiro atoms. The molecule has 8 heteroatoms. The summed E-state index contributed by atoms with van der Waals surface area (Å²) >= 11 is 10.9. The molecule has 0 bridgehead atoms. The number of amides is 2. The number of benzene rings is 2. The van der Waals surface area contributed by atoms with Crippen molar-refractivity contribution in [2.75, 3.05) is 6.61 Å². The van der Waals surface area contributed by atoms with Crippen molar-refractivity contribution in [1.82, 2.24) is 16.2 Å². The summed E-state index contributed by atoms with van der Waals surface area (Å²) in [6.07, 6.45) is 0.145. The fraction of sp³-hybridized carbons (Fsp3) is 0.250. The lowest BCUT2D eigenvalue weighted by molar-refractivity contribution is -0.121. The van der Waals surface area contributed by atoms with Gasteiger partial charge in [-0.15, -0.1) is 0 Å². The summed E-state index contributed by atoms with van der Waals surface area (Å²) in [5.74, 6) is 0.0707. The minimum atomic E-state index is -0.427. The zero-order valence-electron chi connectivity index (χ0n) is 15.6. The average Bonchev–Trinajstić information content (AvgIpc) is 2.66. The lowest BCUT2D eigenvalue weighted by Crippen LogP contribution is -2.48. The van der Waals surface area contributed by atoms with E-state index in [9.17, 15) is 9.59 Å². The predicted molar refractivity (Wildman–Crippen MR) is 113 cm³/mol. The van der Waals surface area contributed by atoms with Crippen LogP contribution >= 0.6 is 23.8 Å². The van der Waals surface area contributed by atoms with Gasteiger partial charge in [-0.3, -0.25) is 25.8 Å². The Morgan fingerprint density at radius 3 is 2.43 bits per heavy atom. The van der Waals surface area contributed by atoms with E-state index in [2.05, 4.69) is 16.2 Å². The molecule has 3 N–H and O–H groups in total. The van der Waals surface area contributed by atoms with Gasteiger partial charge >= 0.3 is 0 Å². The minimum Gasteiger partial charge on any atom is -0.492 e. The molecular weight excluding hydrogens is 398 g/mol. The van der Waals surface area contributed by atoms with Gasteiger partial charge in [-0.1, -0.05) is 49.7 Å². The molecule has 2 aromatic rings. The highest BCUT2D eigenvalue weighted by atomic mass is 35.5. The van der Waals surface area contributed by atoms with Crippen LogP contribution in [0.2, 0.25) is 5.02 Å². The Bertz CT molecular complexity index is 841. The highest BCUT2D eigenvalue weighted by Gasteiger charge is 2.14. The topological polar surface area (TPSA) is 79.5 Å². The molecule has 0 aliphatic carbocycles. The molecule has 6 nitrogen and oxygen atoms in total. The number of carbonyl (C=O) groups is 2. The van der Waals surface area contributed by atoms with Crippen LogP contribution in [0.15, 0.2) is 48.5 Å². The number of rotatable bonds is 6. The van der Waals surface area contributed by atoms with E-state index in [-0.39, 0.29) is 17.4 Å². The van der Waals surface area contributed by atoms with E-state index in [4.69, 9.17) is 28.6 Å². The first-order valence-electron chi connectivity index (χ1n) is 8.71. The lowest BCUT2D eigenvalue weighted by atomic mass is 10.1. The van der Waals surface area contributed by atoms with Crippen LogP contribution in [0.4, 0.5) is 0 Å². The third kappa shape index (κ3) is 7.17. The zero-order chi connectivity index (χ0) is 20.5. The molecule has 0 atom stereocenters. The third-order valence-corrected chi connectivity index (χ3v) is 3.98. The maximum absolute atomic E-state index is 12.4. The Hall–Kier alpha value is -2.64. The van der Waals surface area contributed by atoms with Gasteiger partial charge in [0.1, 0.15) is 5.75 Å². The molecule has 0 aliphatic rings. The second kappa shape index (κ2) is 10.6. The van der Waals surface area contributed by atoms with Crippen LogP contribution in [0.3, 0.4) is 0 Å². The highest BCUT2D eigenvalue weighted by molar-refractivity contribution is 7.80. The zero-order valence-corrected chi connectivity index (χ0v) is 17.2. The summed E-state index contributed by atoms with van der Waals surface area (Å²) in [5.41, 5.74) is 6.13. The van der Waals surface area contributed by atoms with E-state index >= 15 is 0 Å². The van der Waals surface area contributed by atoms with Gasteiger partial charge in [0.05, 0.1) is 18.6 Å². The van der Waals surface area contributed by atoms with Gasteiger partial charge in [-0.05, 0) is 48.0 Å². The van der Waals surface area contributed by atoms with Crippen molar-refractivity contribution in [2.45, 2.75) is 20.3 Å². The summed E-state index contributed by atoms with van der Waals surface area (Å²) in [7, 11) is 0. The van der Waals surface area contributed by atoms with Gasteiger partial charge in [-0.25, -0.2) is 0 Å². The number of hydrogen-bond donors (Lipinski definition) is 3. The molecule has 0 fully saturated rings. The summed E-state index contributed by atoms with van der Waals surface area (Å²) in [4.78, 5) is 24.4. The van der Waals surface area contributed by atoms with E-state index in [0.717, 1.165) is 5.56 Å². The SMILES string of the molecule is CC(C)COc1ccccc1C(=O)NC(=S)NNC(=O)Cc1ccc(Cl)cc1. The highest BCUT2D eigenvalue weighted by Crippen LogP contribution is 2.18. The van der Waals surface area contributed by atoms with E-state index in [1.807, 2.05) is 13.8 Å². The first-order valence-corrected chi connectivity index (χ1v) is 9.50. The van der Waals surface area contributed by atoms with Crippen molar-refractivity contribution in [3.05, 3.63) is 64.7 Å². The molecule has 0 aliphatic heterocycles. The maximum Gasteiger partial charge on any atom is 0.261 e. The van der Waals surface area contributed by atoms with Gasteiger partial charge in [0.2, 0.25) is 5.91 Å². The van der Waals surface area contributed by atoms with Crippen molar-refractivity contribution in [3.8, 4) is 5.75 Å². The predicted octanol–water partition coefficient (Wildman–Crippen LogP) is 3.25. The van der Waals surface area contributed by atoms with Crippen LogP contribution in [0, 0.1) is 5.92 Å². The van der Waals surface area contributed by atoms with Crippen LogP contribution < -0.4 is 20.9 Å². The summed E-state index contributed by atoms with van der Waals surface area (Å²) < 4.78 is 5.67. The molecule has 0 unspecified atom stereocenters. The van der Waals surface area contributed by atoms with E-state index < -0.39 is 5.91 Å². The number of ether oxygens (including phenoxy) is 1. The molecule has 0 radical (unpaired) electrons. The van der Waals surface area contributed by atoms with Crippen LogP contribution in [-0.4, -0.2) is 23.5 Å². The Labute approximate surface area is 174 Å². The van der Waals surface area contributed by atoms with Crippen molar-refractivity contribution < 1.29 is 14.3 Å². The Kier molecular flexibility index (Phi) is 8.22. The minimum absolute atomic E-state index is 0.0203. The van der Waals surface area contributed by atoms with Gasteiger partial charge in [-0.2, -0.15) is 0 Å². The molecule has 0 heterocycles. The van der Waals surface area contributed by atoms with E-state index in [1.54, 1.807) is 48.5 Å². The third-order valence-electron chi connectivity index (χ3n) is 3.52. The average molecular weight is 420 g/mol. The summed E-state index contributed by atoms with van der Waals surface area (Å²) in [5, 5.41) is 3.10. The van der Waals surface area contributed by atoms with Crippen molar-refractivity contribution >= 4 is 40.7 Å². The Morgan fingerprint density at radius 2 is 1.75 bits per heavy atom. The number of carbonyl (C=O) groups excluding carboxylic acids is 2. The quantitative estimate of drug-likeness (QED) is 0.494. The number of para-hydroxylation sites is 1. The number of halogens is 1. The smallest absolute Gasteiger partial charge is 0.261 e. The van der Waals surface area contributed by atoms with Crippen molar-refractivity contribution in [1.29, 1.82) is 0 Å². The Balaban J connectivity index is 1.85. The Morgan fingerprint density at radius 1 is 1.07 bits per heavy atom. The number of hydrogen-bond acceptors (Lipinski definition) is 4. The standard InChI is InChI=1S/C20H22ClN3O3S/c1-13(2)12-27-17-6-4-3-5-16(17)19(26)22-20(28)24-23-18(25)11-14-7-9-15(21)10-8-14/h3-10,13H,11-12H2,1-2H3,(H,23,25)(H2,22,24,26,28). The van der Waals surface area contributed by atoms with Gasteiger partial charge in [0.15, 0.2) is 5.11 Å². The number of hydrazine groups is 1. The van der Waals surface area contributed by atoms with Crippen LogP contribution in [0.25, 0.3) is 0 Å². The largest absolute Gasteiger partial charge is 0.492 e. The van der Waals surface area contributed by atoms with Crippen LogP contribution in [0.5, 0.6) is 5.75 Å². The van der Waals surface area contributed by atoms with Gasteiger partial charge < -0.3 is 4.74 Å². The molecule has 0 saturated carbocycles. The molecule has 2 amide bonds. The fourth-order valence-electron chi connectivity index (χ4n) is 2.20. The van der Waals surface area contributed by atoms with E-state index in [0.29, 0.717) is 28.9 Å². The maximum atomic E-state index is 12.4. The molecule has 28 heavy (non-hydrogen) atoms. The molecule has 148 valence electrons. The molecule has 0 saturated heterocycles. The first-order chi connectivity index (χ1) is 13.3. The second-order valence-electron chi connectivity index (χ2n) is 6.46. The number of thiocarbonyl (C=S) groups is 1. The molecular formula is C20H22ClN3O3S. The first kappa shape index (κ1) is 21.7. The molecule has 0 aromatic heterocycles. The monoisotopic (exact) mass is 419 g/mol. The van der Waals surface area contributed by atoms with Crippen LogP contribution in [-0.2, 0) is 11.2 Å². The lowest BCUT2D eigenvalue weighted by Gasteiger charge is -2.14. The van der Waals surface area contributed by atoms with Gasteiger partial charge in [0, 0.05) is 5.02 Å². The van der Waals surface area contributed by atoms with Gasteiger partial charge in [0.25, 0.3) is 5.91 Å². The normalized spacial score (nSPS) is 10.3. The van der Waals surface area contributed by atoms with E-state index in [1.165, 1.54) is 0 Å². The summed E-state index contributed by atoms with van der Waals surface area (Å²) in [6.45, 7) is 4.54.